The van der Waals surface area contributed by atoms with Gasteiger partial charge in [0.15, 0.2) is 5.96 Å². The molecule has 132 valence electrons. The number of ether oxygens (including phenoxy) is 1. The molecular formula is C16H35IN4O. The molecule has 0 aromatic rings. The molecular weight excluding hydrogens is 391 g/mol. The molecule has 6 heteroatoms. The Hall–Kier alpha value is -0.0800. The van der Waals surface area contributed by atoms with Crippen molar-refractivity contribution in [2.75, 3.05) is 46.9 Å². The van der Waals surface area contributed by atoms with Gasteiger partial charge in [-0.3, -0.25) is 4.99 Å². The van der Waals surface area contributed by atoms with Crippen molar-refractivity contribution < 1.29 is 4.74 Å². The molecule has 1 fully saturated rings. The third kappa shape index (κ3) is 8.53. The zero-order valence-electron chi connectivity index (χ0n) is 14.9. The summed E-state index contributed by atoms with van der Waals surface area (Å²) in [6.45, 7) is 11.9. The van der Waals surface area contributed by atoms with E-state index in [1.54, 1.807) is 7.11 Å². The van der Waals surface area contributed by atoms with E-state index in [0.29, 0.717) is 0 Å². The molecule has 0 bridgehead atoms. The van der Waals surface area contributed by atoms with Gasteiger partial charge in [-0.15, -0.1) is 24.0 Å². The largest absolute Gasteiger partial charge is 0.377 e. The second kappa shape index (κ2) is 11.5. The highest BCUT2D eigenvalue weighted by atomic mass is 127. The molecule has 0 unspecified atom stereocenters. The van der Waals surface area contributed by atoms with E-state index in [9.17, 15) is 0 Å². The average molecular weight is 426 g/mol. The first-order valence-corrected chi connectivity index (χ1v) is 8.22. The molecule has 2 N–H and O–H groups in total. The number of likely N-dealkylation sites (tertiary alicyclic amines) is 1. The summed E-state index contributed by atoms with van der Waals surface area (Å²) in [6, 6.07) is 0. The van der Waals surface area contributed by atoms with Gasteiger partial charge in [0.2, 0.25) is 0 Å². The summed E-state index contributed by atoms with van der Waals surface area (Å²) in [5.41, 5.74) is -0.177. The number of aliphatic imine (C=N–C) groups is 1. The van der Waals surface area contributed by atoms with Crippen LogP contribution in [0.2, 0.25) is 0 Å². The van der Waals surface area contributed by atoms with Crippen LogP contribution in [0.5, 0.6) is 0 Å². The van der Waals surface area contributed by atoms with Gasteiger partial charge in [0.05, 0.1) is 5.60 Å². The molecule has 1 saturated heterocycles. The van der Waals surface area contributed by atoms with Crippen molar-refractivity contribution >= 4 is 29.9 Å². The molecule has 1 rings (SSSR count). The Morgan fingerprint density at radius 1 is 1.27 bits per heavy atom. The van der Waals surface area contributed by atoms with Crippen molar-refractivity contribution in [1.29, 1.82) is 0 Å². The van der Waals surface area contributed by atoms with Crippen LogP contribution in [0.25, 0.3) is 0 Å². The SMILES string of the molecule is CCCN1CCC(CNC(=NC)NCC(C)(C)OC)CC1.I. The van der Waals surface area contributed by atoms with Gasteiger partial charge in [-0.05, 0) is 58.7 Å². The minimum atomic E-state index is -0.177. The number of piperidine rings is 1. The summed E-state index contributed by atoms with van der Waals surface area (Å²) in [4.78, 5) is 6.86. The average Bonchev–Trinajstić information content (AvgIpc) is 2.49. The number of guanidine groups is 1. The van der Waals surface area contributed by atoms with Crippen LogP contribution in [0.3, 0.4) is 0 Å². The Morgan fingerprint density at radius 2 is 1.91 bits per heavy atom. The summed E-state index contributed by atoms with van der Waals surface area (Å²) in [6.07, 6.45) is 3.83. The predicted molar refractivity (Wildman–Crippen MR) is 105 cm³/mol. The molecule has 22 heavy (non-hydrogen) atoms. The first-order valence-electron chi connectivity index (χ1n) is 8.22. The maximum Gasteiger partial charge on any atom is 0.191 e. The van der Waals surface area contributed by atoms with Gasteiger partial charge < -0.3 is 20.3 Å². The van der Waals surface area contributed by atoms with Crippen molar-refractivity contribution in [2.45, 2.75) is 45.6 Å². The van der Waals surface area contributed by atoms with E-state index >= 15 is 0 Å². The minimum Gasteiger partial charge on any atom is -0.377 e. The standard InChI is InChI=1S/C16H34N4O.HI/c1-6-9-20-10-7-14(8-11-20)12-18-15(17-4)19-13-16(2,3)21-5;/h14H,6-13H2,1-5H3,(H2,17,18,19);1H. The van der Waals surface area contributed by atoms with Crippen LogP contribution < -0.4 is 10.6 Å². The third-order valence-corrected chi connectivity index (χ3v) is 4.26. The molecule has 0 aromatic carbocycles. The van der Waals surface area contributed by atoms with Crippen LogP contribution in [-0.4, -0.2) is 63.3 Å². The van der Waals surface area contributed by atoms with E-state index in [2.05, 4.69) is 41.3 Å². The molecule has 0 atom stereocenters. The Balaban J connectivity index is 0.00000441. The Morgan fingerprint density at radius 3 is 2.41 bits per heavy atom. The van der Waals surface area contributed by atoms with E-state index in [4.69, 9.17) is 4.74 Å². The molecule has 0 spiro atoms. The summed E-state index contributed by atoms with van der Waals surface area (Å²) in [5.74, 6) is 1.63. The molecule has 0 saturated carbocycles. The van der Waals surface area contributed by atoms with Crippen molar-refractivity contribution in [3.05, 3.63) is 0 Å². The van der Waals surface area contributed by atoms with Crippen LogP contribution >= 0.6 is 24.0 Å². The molecule has 1 aliphatic heterocycles. The van der Waals surface area contributed by atoms with E-state index < -0.39 is 0 Å². The Labute approximate surface area is 153 Å². The molecule has 5 nitrogen and oxygen atoms in total. The van der Waals surface area contributed by atoms with Crippen LogP contribution in [-0.2, 0) is 4.74 Å². The Bertz CT molecular complexity index is 315. The molecule has 1 aliphatic rings. The van der Waals surface area contributed by atoms with Crippen molar-refractivity contribution in [3.8, 4) is 0 Å². The predicted octanol–water partition coefficient (Wildman–Crippen LogP) is 2.32. The summed E-state index contributed by atoms with van der Waals surface area (Å²) in [7, 11) is 3.56. The number of nitrogens with one attached hydrogen (secondary N) is 2. The molecule has 1 heterocycles. The van der Waals surface area contributed by atoms with Crippen molar-refractivity contribution in [3.63, 3.8) is 0 Å². The maximum absolute atomic E-state index is 5.41. The summed E-state index contributed by atoms with van der Waals surface area (Å²) < 4.78 is 5.41. The summed E-state index contributed by atoms with van der Waals surface area (Å²) in [5, 5.41) is 6.78. The lowest BCUT2D eigenvalue weighted by Gasteiger charge is -2.32. The van der Waals surface area contributed by atoms with E-state index in [1.807, 2.05) is 7.05 Å². The highest BCUT2D eigenvalue weighted by Crippen LogP contribution is 2.16. The zero-order valence-corrected chi connectivity index (χ0v) is 17.3. The lowest BCUT2D eigenvalue weighted by Crippen LogP contribution is -2.47. The zero-order chi connectivity index (χ0) is 15.7. The normalized spacial score (nSPS) is 18.0. The second-order valence-corrected chi connectivity index (χ2v) is 6.56. The third-order valence-electron chi connectivity index (χ3n) is 4.26. The topological polar surface area (TPSA) is 48.9 Å². The fraction of sp³-hybridized carbons (Fsp3) is 0.938. The van der Waals surface area contributed by atoms with E-state index in [0.717, 1.165) is 25.0 Å². The van der Waals surface area contributed by atoms with Crippen LogP contribution in [0.4, 0.5) is 0 Å². The Kier molecular flexibility index (Phi) is 11.4. The van der Waals surface area contributed by atoms with Crippen molar-refractivity contribution in [2.24, 2.45) is 10.9 Å². The maximum atomic E-state index is 5.41. The molecule has 0 radical (unpaired) electrons. The van der Waals surface area contributed by atoms with Crippen LogP contribution in [0.15, 0.2) is 4.99 Å². The number of methoxy groups -OCH3 is 1. The number of hydrogen-bond donors (Lipinski definition) is 2. The fourth-order valence-corrected chi connectivity index (χ4v) is 2.56. The number of hydrogen-bond acceptors (Lipinski definition) is 3. The molecule has 0 amide bonds. The van der Waals surface area contributed by atoms with Gasteiger partial charge >= 0.3 is 0 Å². The molecule has 0 aliphatic carbocycles. The van der Waals surface area contributed by atoms with E-state index in [1.165, 1.54) is 38.9 Å². The lowest BCUT2D eigenvalue weighted by atomic mass is 9.97. The highest BCUT2D eigenvalue weighted by molar-refractivity contribution is 14.0. The minimum absolute atomic E-state index is 0. The monoisotopic (exact) mass is 426 g/mol. The fourth-order valence-electron chi connectivity index (χ4n) is 2.56. The first kappa shape index (κ1) is 21.9. The quantitative estimate of drug-likeness (QED) is 0.373. The van der Waals surface area contributed by atoms with Gasteiger partial charge in [0, 0.05) is 27.2 Å². The van der Waals surface area contributed by atoms with Crippen LogP contribution in [0.1, 0.15) is 40.0 Å². The van der Waals surface area contributed by atoms with E-state index in [-0.39, 0.29) is 29.6 Å². The van der Waals surface area contributed by atoms with Gasteiger partial charge in [-0.2, -0.15) is 0 Å². The lowest BCUT2D eigenvalue weighted by molar-refractivity contribution is 0.0268. The first-order chi connectivity index (χ1) is 10.0. The van der Waals surface area contributed by atoms with Gasteiger partial charge in [-0.1, -0.05) is 6.92 Å². The highest BCUT2D eigenvalue weighted by Gasteiger charge is 2.19. The second-order valence-electron chi connectivity index (χ2n) is 6.56. The smallest absolute Gasteiger partial charge is 0.191 e. The van der Waals surface area contributed by atoms with Gasteiger partial charge in [0.25, 0.3) is 0 Å². The summed E-state index contributed by atoms with van der Waals surface area (Å²) >= 11 is 0. The van der Waals surface area contributed by atoms with Gasteiger partial charge in [0.1, 0.15) is 0 Å². The van der Waals surface area contributed by atoms with Crippen molar-refractivity contribution in [1.82, 2.24) is 15.5 Å². The number of halogens is 1. The number of nitrogens with zero attached hydrogens (tertiary/aromatic N) is 2. The van der Waals surface area contributed by atoms with Gasteiger partial charge in [-0.25, -0.2) is 0 Å². The van der Waals surface area contributed by atoms with Crippen LogP contribution in [0, 0.1) is 5.92 Å². The molecule has 0 aromatic heterocycles. The number of rotatable bonds is 7.